The third kappa shape index (κ3) is 9.59. The highest BCUT2D eigenvalue weighted by atomic mass is 35.5. The molecule has 0 unspecified atom stereocenters. The van der Waals surface area contributed by atoms with Gasteiger partial charge in [-0.3, -0.25) is 0 Å². The number of hydrogen-bond donors (Lipinski definition) is 4. The first kappa shape index (κ1) is 23.9. The molecule has 0 atom stereocenters. The van der Waals surface area contributed by atoms with E-state index in [-0.39, 0.29) is 30.7 Å². The van der Waals surface area contributed by atoms with Crippen molar-refractivity contribution in [3.63, 3.8) is 0 Å². The number of nitrogens with zero attached hydrogens (tertiary/aromatic N) is 2. The normalized spacial score (nSPS) is 8.71. The van der Waals surface area contributed by atoms with E-state index in [4.69, 9.17) is 14.9 Å². The fourth-order valence-corrected chi connectivity index (χ4v) is 1.26. The molecule has 0 spiro atoms. The predicted molar refractivity (Wildman–Crippen MR) is 89.6 cm³/mol. The zero-order chi connectivity index (χ0) is 17.8. The Morgan fingerprint density at radius 1 is 1.08 bits per heavy atom. The maximum Gasteiger partial charge on any atom is 0.356 e. The summed E-state index contributed by atoms with van der Waals surface area (Å²) < 4.78 is 4.73. The summed E-state index contributed by atoms with van der Waals surface area (Å²) in [4.78, 5) is 34.0. The molecule has 9 nitrogen and oxygen atoms in total. The molecule has 0 amide bonds. The van der Waals surface area contributed by atoms with Gasteiger partial charge in [0.1, 0.15) is 23.0 Å². The van der Waals surface area contributed by atoms with Crippen LogP contribution in [0, 0.1) is 13.8 Å². The number of aromatic amines is 2. The molecule has 24 heavy (non-hydrogen) atoms. The number of carboxylic acids is 1. The maximum atomic E-state index is 11.0. The lowest BCUT2D eigenvalue weighted by Gasteiger charge is -1.96. The quantitative estimate of drug-likeness (QED) is 0.609. The van der Waals surface area contributed by atoms with Crippen molar-refractivity contribution >= 4 is 24.3 Å². The van der Waals surface area contributed by atoms with Crippen molar-refractivity contribution in [1.82, 2.24) is 19.9 Å². The summed E-state index contributed by atoms with van der Waals surface area (Å²) >= 11 is 0. The van der Waals surface area contributed by atoms with Crippen LogP contribution in [0.3, 0.4) is 0 Å². The second kappa shape index (κ2) is 13.1. The van der Waals surface area contributed by atoms with Gasteiger partial charge >= 0.3 is 11.9 Å². The summed E-state index contributed by atoms with van der Waals surface area (Å²) in [6, 6.07) is 0. The van der Waals surface area contributed by atoms with E-state index in [1.165, 1.54) is 12.4 Å². The first-order valence-electron chi connectivity index (χ1n) is 6.90. The number of H-pyrrole nitrogens is 2. The van der Waals surface area contributed by atoms with E-state index < -0.39 is 5.97 Å². The summed E-state index contributed by atoms with van der Waals surface area (Å²) in [7, 11) is 0. The summed E-state index contributed by atoms with van der Waals surface area (Å²) in [6.07, 6.45) is 2.75. The van der Waals surface area contributed by atoms with Crippen molar-refractivity contribution < 1.29 is 24.5 Å². The molecule has 0 aliphatic carbocycles. The van der Waals surface area contributed by atoms with Crippen LogP contribution in [0.25, 0.3) is 0 Å². The highest BCUT2D eigenvalue weighted by Crippen LogP contribution is 1.97. The number of ether oxygens (including phenoxy) is 1. The van der Waals surface area contributed by atoms with Gasteiger partial charge in [0.15, 0.2) is 0 Å². The van der Waals surface area contributed by atoms with E-state index in [0.717, 1.165) is 0 Å². The number of aryl methyl sites for hydroxylation is 2. The number of rotatable bonds is 3. The van der Waals surface area contributed by atoms with Crippen LogP contribution in [0.15, 0.2) is 12.4 Å². The largest absolute Gasteiger partial charge is 0.477 e. The monoisotopic (exact) mass is 362 g/mol. The fourth-order valence-electron chi connectivity index (χ4n) is 1.26. The summed E-state index contributed by atoms with van der Waals surface area (Å²) in [6.45, 7) is 7.56. The van der Waals surface area contributed by atoms with Crippen LogP contribution in [0.5, 0.6) is 0 Å². The number of esters is 1. The van der Waals surface area contributed by atoms with E-state index in [1.54, 1.807) is 27.7 Å². The van der Waals surface area contributed by atoms with Crippen LogP contribution in [-0.2, 0) is 4.74 Å². The third-order valence-electron chi connectivity index (χ3n) is 2.13. The van der Waals surface area contributed by atoms with Crippen molar-refractivity contribution in [2.24, 2.45) is 0 Å². The molecule has 2 rings (SSSR count). The second-order valence-electron chi connectivity index (χ2n) is 4.11. The SMILES string of the molecule is CCO.CCOC(=O)c1cnc(C)[nH]1.Cc1ncc(C(=O)O)[nH]1.Cl. The van der Waals surface area contributed by atoms with Crippen molar-refractivity contribution in [2.75, 3.05) is 13.2 Å². The van der Waals surface area contributed by atoms with Crippen LogP contribution in [0.4, 0.5) is 0 Å². The Balaban J connectivity index is 0. The molecule has 136 valence electrons. The first-order valence-corrected chi connectivity index (χ1v) is 6.90. The van der Waals surface area contributed by atoms with Crippen LogP contribution in [0.1, 0.15) is 46.5 Å². The molecule has 0 saturated carbocycles. The van der Waals surface area contributed by atoms with Gasteiger partial charge in [0.25, 0.3) is 0 Å². The van der Waals surface area contributed by atoms with Gasteiger partial charge < -0.3 is 24.9 Å². The van der Waals surface area contributed by atoms with Gasteiger partial charge in [0.05, 0.1) is 19.0 Å². The minimum atomic E-state index is -0.976. The molecular formula is C14H23ClN4O5. The van der Waals surface area contributed by atoms with Crippen molar-refractivity contribution in [3.8, 4) is 0 Å². The third-order valence-corrected chi connectivity index (χ3v) is 2.13. The lowest BCUT2D eigenvalue weighted by atomic mass is 10.5. The Hall–Kier alpha value is -2.39. The lowest BCUT2D eigenvalue weighted by molar-refractivity contribution is 0.0519. The number of halogens is 1. The lowest BCUT2D eigenvalue weighted by Crippen LogP contribution is -2.04. The Kier molecular flexibility index (Phi) is 13.0. The van der Waals surface area contributed by atoms with Crippen molar-refractivity contribution in [1.29, 1.82) is 0 Å². The van der Waals surface area contributed by atoms with Gasteiger partial charge in [-0.25, -0.2) is 19.6 Å². The minimum absolute atomic E-state index is 0. The highest BCUT2D eigenvalue weighted by molar-refractivity contribution is 5.87. The average molecular weight is 363 g/mol. The zero-order valence-electron chi connectivity index (χ0n) is 14.0. The van der Waals surface area contributed by atoms with E-state index in [1.807, 2.05) is 0 Å². The van der Waals surface area contributed by atoms with Gasteiger partial charge in [-0.15, -0.1) is 12.4 Å². The molecule has 2 heterocycles. The van der Waals surface area contributed by atoms with Crippen LogP contribution >= 0.6 is 12.4 Å². The van der Waals surface area contributed by atoms with E-state index in [0.29, 0.717) is 23.9 Å². The van der Waals surface area contributed by atoms with Gasteiger partial charge in [-0.1, -0.05) is 0 Å². The second-order valence-corrected chi connectivity index (χ2v) is 4.11. The van der Waals surface area contributed by atoms with E-state index in [9.17, 15) is 9.59 Å². The summed E-state index contributed by atoms with van der Waals surface area (Å²) in [5.41, 5.74) is 0.539. The van der Waals surface area contributed by atoms with Gasteiger partial charge in [0, 0.05) is 6.61 Å². The molecule has 10 heteroatoms. The number of nitrogens with one attached hydrogen (secondary N) is 2. The number of carbonyl (C=O) groups excluding carboxylic acids is 1. The predicted octanol–water partition coefficient (Wildman–Crippen LogP) is 1.73. The van der Waals surface area contributed by atoms with Crippen LogP contribution in [0.2, 0.25) is 0 Å². The van der Waals surface area contributed by atoms with Gasteiger partial charge in [0.2, 0.25) is 0 Å². The molecule has 0 bridgehead atoms. The number of aliphatic hydroxyl groups excluding tert-OH is 1. The Bertz CT molecular complexity index is 612. The number of aromatic nitrogens is 4. The van der Waals surface area contributed by atoms with Crippen LogP contribution in [-0.4, -0.2) is 55.3 Å². The average Bonchev–Trinajstić information content (AvgIpc) is 3.09. The highest BCUT2D eigenvalue weighted by Gasteiger charge is 2.07. The molecule has 2 aromatic rings. The number of aromatic carboxylic acids is 1. The molecule has 4 N–H and O–H groups in total. The van der Waals surface area contributed by atoms with E-state index in [2.05, 4.69) is 19.9 Å². The Labute approximate surface area is 145 Å². The van der Waals surface area contributed by atoms with Gasteiger partial charge in [-0.2, -0.15) is 0 Å². The van der Waals surface area contributed by atoms with E-state index >= 15 is 0 Å². The maximum absolute atomic E-state index is 11.0. The molecule has 0 saturated heterocycles. The number of imidazole rings is 2. The number of carboxylic acid groups (broad SMARTS) is 1. The summed E-state index contributed by atoms with van der Waals surface area (Å²) in [5.74, 6) is 0.00385. The Morgan fingerprint density at radius 3 is 1.75 bits per heavy atom. The van der Waals surface area contributed by atoms with Crippen LogP contribution < -0.4 is 0 Å². The standard InChI is InChI=1S/C7H10N2O2.C5H6N2O2.C2H6O.ClH/c1-3-11-7(10)6-4-8-5(2)9-6;1-3-6-2-4(7-3)5(8)9;1-2-3;/h4H,3H2,1-2H3,(H,8,9);2H,1H3,(H,6,7)(H,8,9);3H,2H2,1H3;1H. The number of carbonyl (C=O) groups is 2. The molecule has 2 aromatic heterocycles. The molecule has 0 aromatic carbocycles. The number of hydrogen-bond acceptors (Lipinski definition) is 6. The molecule has 0 aliphatic rings. The van der Waals surface area contributed by atoms with Crippen molar-refractivity contribution in [2.45, 2.75) is 27.7 Å². The number of aliphatic hydroxyl groups is 1. The topological polar surface area (TPSA) is 141 Å². The molecular weight excluding hydrogens is 340 g/mol. The molecule has 0 radical (unpaired) electrons. The summed E-state index contributed by atoms with van der Waals surface area (Å²) in [5, 5.41) is 15.9. The van der Waals surface area contributed by atoms with Crippen molar-refractivity contribution in [3.05, 3.63) is 35.4 Å². The van der Waals surface area contributed by atoms with Gasteiger partial charge in [-0.05, 0) is 27.7 Å². The molecule has 0 aliphatic heterocycles. The zero-order valence-corrected chi connectivity index (χ0v) is 14.8. The Morgan fingerprint density at radius 2 is 1.50 bits per heavy atom. The fraction of sp³-hybridized carbons (Fsp3) is 0.429. The molecule has 0 fully saturated rings. The minimum Gasteiger partial charge on any atom is -0.477 e. The smallest absolute Gasteiger partial charge is 0.356 e. The first-order chi connectivity index (χ1) is 10.8.